The third-order valence-electron chi connectivity index (χ3n) is 5.46. The number of carboxylic acid groups (broad SMARTS) is 1. The molecule has 0 aliphatic carbocycles. The van der Waals surface area contributed by atoms with E-state index < -0.39 is 26.2 Å². The summed E-state index contributed by atoms with van der Waals surface area (Å²) >= 11 is 0. The number of hydrogen-bond donors (Lipinski definition) is 2. The lowest BCUT2D eigenvalue weighted by molar-refractivity contribution is -0.137. The van der Waals surface area contributed by atoms with Crippen molar-refractivity contribution in [1.29, 1.82) is 0 Å². The van der Waals surface area contributed by atoms with Gasteiger partial charge in [-0.2, -0.15) is 0 Å². The molecule has 1 heterocycles. The van der Waals surface area contributed by atoms with Crippen LogP contribution in [-0.2, 0) is 16.1 Å². The van der Waals surface area contributed by atoms with Gasteiger partial charge in [0.05, 0.1) is 6.54 Å². The molecule has 0 aromatic heterocycles. The lowest BCUT2D eigenvalue weighted by atomic mass is 10.1. The van der Waals surface area contributed by atoms with E-state index >= 15 is 0 Å². The van der Waals surface area contributed by atoms with Crippen LogP contribution in [0, 0.1) is 0 Å². The van der Waals surface area contributed by atoms with Crippen molar-refractivity contribution in [3.8, 4) is 5.75 Å². The van der Waals surface area contributed by atoms with Crippen molar-refractivity contribution in [2.45, 2.75) is 64.3 Å². The number of nitrogens with zero attached hydrogens (tertiary/aromatic N) is 1. The Balaban J connectivity index is 2.33. The minimum absolute atomic E-state index is 0.00469. The fourth-order valence-corrected chi connectivity index (χ4v) is 3.86. The van der Waals surface area contributed by atoms with E-state index in [-0.39, 0.29) is 30.3 Å². The number of amides is 2. The first-order chi connectivity index (χ1) is 12.3. The van der Waals surface area contributed by atoms with Gasteiger partial charge in [0.25, 0.3) is 5.91 Å². The van der Waals surface area contributed by atoms with Crippen molar-refractivity contribution in [3.05, 3.63) is 29.3 Å². The number of carbonyl (C=O) groups excluding carboxylic acids is 2. The molecule has 1 aliphatic rings. The maximum Gasteiger partial charge on any atom is 0.303 e. The van der Waals surface area contributed by atoms with Crippen LogP contribution in [0.1, 0.15) is 49.5 Å². The number of benzene rings is 1. The van der Waals surface area contributed by atoms with Gasteiger partial charge >= 0.3 is 5.97 Å². The second-order valence-electron chi connectivity index (χ2n) is 8.43. The number of carbonyl (C=O) groups is 3. The van der Waals surface area contributed by atoms with Crippen LogP contribution in [0.2, 0.25) is 18.1 Å². The van der Waals surface area contributed by atoms with Crippen molar-refractivity contribution in [1.82, 2.24) is 4.90 Å². The molecule has 1 aromatic rings. The number of aliphatic carboxylic acids is 1. The number of rotatable bonds is 7. The molecular weight excluding hydrogens is 364 g/mol. The summed E-state index contributed by atoms with van der Waals surface area (Å²) in [7, 11) is -2.11. The Labute approximate surface area is 160 Å². The van der Waals surface area contributed by atoms with Gasteiger partial charge in [0.2, 0.25) is 14.2 Å². The standard InChI is InChI=1S/C19H28N2O5Si/c1-19(2,3)27(4,5)26-15-8-6-7-12-13(15)11-21(18(12)25)14(17(20)24)9-10-16(22)23/h6-8,14H,9-11H2,1-5H3,(H2,20,24)(H,22,23). The van der Waals surface area contributed by atoms with Gasteiger partial charge in [-0.1, -0.05) is 26.8 Å². The second-order valence-corrected chi connectivity index (χ2v) is 13.2. The van der Waals surface area contributed by atoms with E-state index in [4.69, 9.17) is 15.3 Å². The van der Waals surface area contributed by atoms with Crippen LogP contribution in [0.15, 0.2) is 18.2 Å². The predicted octanol–water partition coefficient (Wildman–Crippen LogP) is 2.75. The van der Waals surface area contributed by atoms with E-state index in [0.29, 0.717) is 11.3 Å². The van der Waals surface area contributed by atoms with E-state index in [1.165, 1.54) is 4.90 Å². The number of primary amides is 1. The third-order valence-corrected chi connectivity index (χ3v) is 9.80. The molecule has 0 radical (unpaired) electrons. The highest BCUT2D eigenvalue weighted by Crippen LogP contribution is 2.40. The van der Waals surface area contributed by atoms with Crippen molar-refractivity contribution in [3.63, 3.8) is 0 Å². The van der Waals surface area contributed by atoms with Crippen LogP contribution in [0.3, 0.4) is 0 Å². The van der Waals surface area contributed by atoms with Gasteiger partial charge in [-0.05, 0) is 36.7 Å². The molecule has 1 aromatic carbocycles. The molecule has 0 bridgehead atoms. The second kappa shape index (κ2) is 7.34. The first-order valence-corrected chi connectivity index (χ1v) is 11.9. The van der Waals surface area contributed by atoms with Gasteiger partial charge in [0.1, 0.15) is 11.8 Å². The van der Waals surface area contributed by atoms with Gasteiger partial charge < -0.3 is 20.2 Å². The van der Waals surface area contributed by atoms with Gasteiger partial charge in [-0.15, -0.1) is 0 Å². The zero-order chi connectivity index (χ0) is 20.6. The van der Waals surface area contributed by atoms with Crippen molar-refractivity contribution in [2.75, 3.05) is 0 Å². The van der Waals surface area contributed by atoms with Crippen LogP contribution in [-0.4, -0.2) is 42.1 Å². The predicted molar refractivity (Wildman–Crippen MR) is 104 cm³/mol. The maximum absolute atomic E-state index is 12.8. The number of nitrogens with two attached hydrogens (primary N) is 1. The minimum atomic E-state index is -2.11. The van der Waals surface area contributed by atoms with Gasteiger partial charge in [-0.25, -0.2) is 0 Å². The fraction of sp³-hybridized carbons (Fsp3) is 0.526. The zero-order valence-electron chi connectivity index (χ0n) is 16.5. The Morgan fingerprint density at radius 2 is 1.96 bits per heavy atom. The Kier molecular flexibility index (Phi) is 5.70. The van der Waals surface area contributed by atoms with Gasteiger partial charge in [0.15, 0.2) is 0 Å². The van der Waals surface area contributed by atoms with Crippen LogP contribution in [0.5, 0.6) is 5.75 Å². The SMILES string of the molecule is CC(C)(C)[Si](C)(C)Oc1cccc2c1CN(C(CCC(=O)O)C(N)=O)C2=O. The summed E-state index contributed by atoms with van der Waals surface area (Å²) in [4.78, 5) is 36.9. The number of hydrogen-bond acceptors (Lipinski definition) is 4. The first kappa shape index (κ1) is 21.0. The van der Waals surface area contributed by atoms with E-state index in [1.54, 1.807) is 12.1 Å². The highest BCUT2D eigenvalue weighted by Gasteiger charge is 2.42. The molecule has 3 N–H and O–H groups in total. The van der Waals surface area contributed by atoms with Crippen molar-refractivity contribution in [2.24, 2.45) is 5.73 Å². The van der Waals surface area contributed by atoms with E-state index in [9.17, 15) is 14.4 Å². The van der Waals surface area contributed by atoms with E-state index in [1.807, 2.05) is 6.07 Å². The van der Waals surface area contributed by atoms with E-state index in [2.05, 4.69) is 33.9 Å². The van der Waals surface area contributed by atoms with Gasteiger partial charge in [0, 0.05) is 17.5 Å². The third kappa shape index (κ3) is 4.32. The summed E-state index contributed by atoms with van der Waals surface area (Å²) in [5.74, 6) is -1.41. The van der Waals surface area contributed by atoms with E-state index in [0.717, 1.165) is 5.56 Å². The molecule has 148 valence electrons. The summed E-state index contributed by atoms with van der Waals surface area (Å²) in [6.07, 6.45) is -0.246. The molecule has 1 aliphatic heterocycles. The lowest BCUT2D eigenvalue weighted by Gasteiger charge is -2.37. The summed E-state index contributed by atoms with van der Waals surface area (Å²) < 4.78 is 6.39. The molecule has 2 amide bonds. The first-order valence-electron chi connectivity index (χ1n) is 8.98. The average molecular weight is 393 g/mol. The number of carboxylic acids is 1. The molecule has 1 atom stereocenters. The Bertz CT molecular complexity index is 770. The Morgan fingerprint density at radius 3 is 2.48 bits per heavy atom. The molecule has 7 nitrogen and oxygen atoms in total. The highest BCUT2D eigenvalue weighted by atomic mass is 28.4. The van der Waals surface area contributed by atoms with Gasteiger partial charge in [-0.3, -0.25) is 14.4 Å². The average Bonchev–Trinajstić information content (AvgIpc) is 2.84. The largest absolute Gasteiger partial charge is 0.543 e. The molecule has 0 saturated heterocycles. The zero-order valence-corrected chi connectivity index (χ0v) is 17.5. The summed E-state index contributed by atoms with van der Waals surface area (Å²) in [6.45, 7) is 10.8. The van der Waals surface area contributed by atoms with Crippen LogP contribution < -0.4 is 10.2 Å². The minimum Gasteiger partial charge on any atom is -0.543 e. The Morgan fingerprint density at radius 1 is 1.33 bits per heavy atom. The summed E-state index contributed by atoms with van der Waals surface area (Å²) in [6, 6.07) is 4.35. The molecule has 0 saturated carbocycles. The van der Waals surface area contributed by atoms with Crippen molar-refractivity contribution < 1.29 is 23.9 Å². The van der Waals surface area contributed by atoms with Crippen LogP contribution in [0.25, 0.3) is 0 Å². The lowest BCUT2D eigenvalue weighted by Crippen LogP contribution is -2.45. The molecule has 8 heteroatoms. The molecule has 2 rings (SSSR count). The molecule has 1 unspecified atom stereocenters. The quantitative estimate of drug-likeness (QED) is 0.693. The smallest absolute Gasteiger partial charge is 0.303 e. The van der Waals surface area contributed by atoms with Crippen molar-refractivity contribution >= 4 is 26.1 Å². The highest BCUT2D eigenvalue weighted by molar-refractivity contribution is 6.74. The topological polar surface area (TPSA) is 110 Å². The monoisotopic (exact) mass is 392 g/mol. The molecular formula is C19H28N2O5Si. The maximum atomic E-state index is 12.8. The normalized spacial score (nSPS) is 15.4. The Hall–Kier alpha value is -2.35. The van der Waals surface area contributed by atoms with Crippen LogP contribution >= 0.6 is 0 Å². The summed E-state index contributed by atoms with van der Waals surface area (Å²) in [5, 5.41) is 8.90. The molecule has 27 heavy (non-hydrogen) atoms. The molecule has 0 fully saturated rings. The fourth-order valence-electron chi connectivity index (χ4n) is 2.81. The molecule has 0 spiro atoms. The van der Waals surface area contributed by atoms with Crippen LogP contribution in [0.4, 0.5) is 0 Å². The summed E-state index contributed by atoms with van der Waals surface area (Å²) in [5.41, 5.74) is 6.66. The number of fused-ring (bicyclic) bond motifs is 1.